The molecule has 0 bridgehead atoms. The van der Waals surface area contributed by atoms with Gasteiger partial charge < -0.3 is 5.11 Å². The molecule has 1 aromatic heterocycles. The van der Waals surface area contributed by atoms with Crippen LogP contribution in [0, 0.1) is 0 Å². The van der Waals surface area contributed by atoms with E-state index in [1.54, 1.807) is 54.6 Å². The number of halogens is 3. The molecule has 0 aliphatic carbocycles. The summed E-state index contributed by atoms with van der Waals surface area (Å²) in [5.74, 6) is -1.42. The molecule has 0 unspecified atom stereocenters. The number of nitrogens with zero attached hydrogens (tertiary/aromatic N) is 1. The lowest BCUT2D eigenvalue weighted by Gasteiger charge is -2.21. The van der Waals surface area contributed by atoms with Crippen molar-refractivity contribution >= 4 is 12.3 Å². The molecular formula is C29H22F3NO3. The van der Waals surface area contributed by atoms with Crippen molar-refractivity contribution in [1.82, 2.24) is 4.98 Å². The van der Waals surface area contributed by atoms with Crippen LogP contribution in [0.15, 0.2) is 91.1 Å². The molecule has 0 aliphatic rings. The number of hydrogen-bond acceptors (Lipinski definition) is 3. The van der Waals surface area contributed by atoms with Crippen molar-refractivity contribution < 1.29 is 27.9 Å². The van der Waals surface area contributed by atoms with E-state index in [0.717, 1.165) is 35.2 Å². The van der Waals surface area contributed by atoms with Crippen LogP contribution in [0.5, 0.6) is 0 Å². The van der Waals surface area contributed by atoms with Gasteiger partial charge in [0.1, 0.15) is 12.0 Å². The van der Waals surface area contributed by atoms with Crippen molar-refractivity contribution in [2.75, 3.05) is 0 Å². The molecule has 0 spiro atoms. The number of aryl methyl sites for hydroxylation is 1. The maximum atomic E-state index is 13.3. The zero-order valence-corrected chi connectivity index (χ0v) is 19.1. The first kappa shape index (κ1) is 24.9. The van der Waals surface area contributed by atoms with Crippen molar-refractivity contribution in [3.8, 4) is 11.1 Å². The zero-order chi connectivity index (χ0) is 25.7. The highest BCUT2D eigenvalue weighted by Gasteiger charge is 2.33. The fraction of sp³-hybridized carbons (Fsp3) is 0.138. The second-order valence-electron chi connectivity index (χ2n) is 8.39. The highest BCUT2D eigenvalue weighted by Crippen LogP contribution is 2.35. The third-order valence-corrected chi connectivity index (χ3v) is 6.12. The maximum Gasteiger partial charge on any atom is 0.433 e. The lowest BCUT2D eigenvalue weighted by atomic mass is 9.84. The summed E-state index contributed by atoms with van der Waals surface area (Å²) in [4.78, 5) is 26.2. The Bertz CT molecular complexity index is 1360. The van der Waals surface area contributed by atoms with Crippen LogP contribution in [-0.2, 0) is 12.6 Å². The molecule has 1 N–H and O–H groups in total. The van der Waals surface area contributed by atoms with Gasteiger partial charge >= 0.3 is 12.1 Å². The Kier molecular flexibility index (Phi) is 7.29. The van der Waals surface area contributed by atoms with Gasteiger partial charge in [0, 0.05) is 17.7 Å². The highest BCUT2D eigenvalue weighted by molar-refractivity contribution is 5.88. The summed E-state index contributed by atoms with van der Waals surface area (Å²) in [6, 6.07) is 23.8. The van der Waals surface area contributed by atoms with Crippen molar-refractivity contribution in [2.45, 2.75) is 24.9 Å². The van der Waals surface area contributed by atoms with Gasteiger partial charge in [-0.3, -0.25) is 9.78 Å². The van der Waals surface area contributed by atoms with Gasteiger partial charge in [-0.15, -0.1) is 0 Å². The second-order valence-corrected chi connectivity index (χ2v) is 8.39. The van der Waals surface area contributed by atoms with E-state index in [1.807, 2.05) is 24.3 Å². The summed E-state index contributed by atoms with van der Waals surface area (Å²) in [7, 11) is 0. The quantitative estimate of drug-likeness (QED) is 0.270. The molecule has 0 amide bonds. The van der Waals surface area contributed by atoms with Crippen molar-refractivity contribution in [3.63, 3.8) is 0 Å². The number of alkyl halides is 3. The number of carboxylic acids is 1. The van der Waals surface area contributed by atoms with Crippen LogP contribution in [0.3, 0.4) is 0 Å². The highest BCUT2D eigenvalue weighted by atomic mass is 19.4. The summed E-state index contributed by atoms with van der Waals surface area (Å²) < 4.78 is 40.0. The van der Waals surface area contributed by atoms with Gasteiger partial charge in [0.25, 0.3) is 0 Å². The molecule has 7 heteroatoms. The average molecular weight is 489 g/mol. The normalized spacial score (nSPS) is 12.2. The molecule has 0 fully saturated rings. The summed E-state index contributed by atoms with van der Waals surface area (Å²) in [5, 5.41) is 9.06. The fourth-order valence-electron chi connectivity index (χ4n) is 4.24. The van der Waals surface area contributed by atoms with E-state index < -0.39 is 23.8 Å². The van der Waals surface area contributed by atoms with Crippen LogP contribution in [-0.4, -0.2) is 22.3 Å². The molecule has 1 atom stereocenters. The third-order valence-electron chi connectivity index (χ3n) is 6.12. The second kappa shape index (κ2) is 10.6. The Balaban J connectivity index is 1.59. The number of pyridine rings is 1. The van der Waals surface area contributed by atoms with Crippen LogP contribution >= 0.6 is 0 Å². The first-order chi connectivity index (χ1) is 17.3. The van der Waals surface area contributed by atoms with Gasteiger partial charge in [0.15, 0.2) is 0 Å². The maximum absolute atomic E-state index is 13.3. The van der Waals surface area contributed by atoms with Gasteiger partial charge in [0.05, 0.1) is 5.56 Å². The van der Waals surface area contributed by atoms with Crippen molar-refractivity contribution in [3.05, 3.63) is 125 Å². The fourth-order valence-corrected chi connectivity index (χ4v) is 4.24. The monoisotopic (exact) mass is 489 g/mol. The minimum Gasteiger partial charge on any atom is -0.478 e. The van der Waals surface area contributed by atoms with Gasteiger partial charge in [-0.1, -0.05) is 60.7 Å². The van der Waals surface area contributed by atoms with Crippen LogP contribution in [0.2, 0.25) is 0 Å². The van der Waals surface area contributed by atoms with E-state index in [-0.39, 0.29) is 5.56 Å². The Morgan fingerprint density at radius 2 is 1.56 bits per heavy atom. The molecule has 4 nitrogen and oxygen atoms in total. The Morgan fingerprint density at radius 3 is 2.17 bits per heavy atom. The lowest BCUT2D eigenvalue weighted by Crippen LogP contribution is -2.11. The number of aldehydes is 1. The van der Waals surface area contributed by atoms with Crippen molar-refractivity contribution in [2.24, 2.45) is 0 Å². The molecule has 182 valence electrons. The molecule has 1 heterocycles. The Hall–Kier alpha value is -4.26. The van der Waals surface area contributed by atoms with Crippen LogP contribution in [0.4, 0.5) is 13.2 Å². The number of carboxylic acid groups (broad SMARTS) is 1. The molecule has 4 aromatic rings. The molecule has 0 saturated carbocycles. The first-order valence-corrected chi connectivity index (χ1v) is 11.3. The average Bonchev–Trinajstić information content (AvgIpc) is 2.89. The van der Waals surface area contributed by atoms with E-state index in [9.17, 15) is 22.8 Å². The van der Waals surface area contributed by atoms with Crippen LogP contribution in [0.25, 0.3) is 11.1 Å². The van der Waals surface area contributed by atoms with E-state index in [4.69, 9.17) is 5.11 Å². The third kappa shape index (κ3) is 5.68. The summed E-state index contributed by atoms with van der Waals surface area (Å²) in [5.41, 5.74) is 3.58. The topological polar surface area (TPSA) is 67.3 Å². The molecule has 3 aromatic carbocycles. The van der Waals surface area contributed by atoms with Gasteiger partial charge in [-0.05, 0) is 64.9 Å². The van der Waals surface area contributed by atoms with Crippen LogP contribution in [0.1, 0.15) is 55.4 Å². The number of aromatic carboxylic acids is 1. The first-order valence-electron chi connectivity index (χ1n) is 11.3. The molecule has 36 heavy (non-hydrogen) atoms. The summed E-state index contributed by atoms with van der Waals surface area (Å²) in [6.45, 7) is 0. The number of rotatable bonds is 8. The number of carbonyl (C=O) groups is 2. The summed E-state index contributed by atoms with van der Waals surface area (Å²) >= 11 is 0. The minimum absolute atomic E-state index is 0.210. The summed E-state index contributed by atoms with van der Waals surface area (Å²) in [6.07, 6.45) is -1.64. The largest absolute Gasteiger partial charge is 0.478 e. The van der Waals surface area contributed by atoms with Crippen LogP contribution < -0.4 is 0 Å². The smallest absolute Gasteiger partial charge is 0.433 e. The molecule has 0 aliphatic heterocycles. The van der Waals surface area contributed by atoms with E-state index >= 15 is 0 Å². The zero-order valence-electron chi connectivity index (χ0n) is 19.1. The molecule has 0 radical (unpaired) electrons. The predicted molar refractivity (Wildman–Crippen MR) is 130 cm³/mol. The number of carbonyl (C=O) groups excluding carboxylic acids is 1. The van der Waals surface area contributed by atoms with Gasteiger partial charge in [-0.2, -0.15) is 13.2 Å². The van der Waals surface area contributed by atoms with Crippen molar-refractivity contribution in [1.29, 1.82) is 0 Å². The molecular weight excluding hydrogens is 467 g/mol. The minimum atomic E-state index is -4.57. The molecule has 4 rings (SSSR count). The van der Waals surface area contributed by atoms with Gasteiger partial charge in [0.2, 0.25) is 0 Å². The standard InChI is InChI=1S/C29H22F3NO3/c30-29(31,32)27-17-23(15-16-33-27)26(25-4-2-1-3-24(25)18-34)14-7-19-5-8-20(9-6-19)21-10-12-22(13-11-21)28(35)36/h1-6,8-13,15-18,26H,7,14H2,(H,35,36)/t26-/m1/s1. The van der Waals surface area contributed by atoms with E-state index in [2.05, 4.69) is 4.98 Å². The Labute approximate surface area is 206 Å². The SMILES string of the molecule is O=Cc1ccccc1[C@H](CCc1ccc(-c2ccc(C(=O)O)cc2)cc1)c1ccnc(C(F)(F)F)c1. The molecule has 0 saturated heterocycles. The number of aromatic nitrogens is 1. The Morgan fingerprint density at radius 1 is 0.917 bits per heavy atom. The van der Waals surface area contributed by atoms with Gasteiger partial charge in [-0.25, -0.2) is 4.79 Å². The van der Waals surface area contributed by atoms with E-state index in [1.165, 1.54) is 0 Å². The number of benzene rings is 3. The predicted octanol–water partition coefficient (Wildman–Crippen LogP) is 7.04. The van der Waals surface area contributed by atoms with E-state index in [0.29, 0.717) is 29.5 Å². The number of hydrogen-bond donors (Lipinski definition) is 1. The lowest BCUT2D eigenvalue weighted by molar-refractivity contribution is -0.141.